The minimum Gasteiger partial charge on any atom is -0.497 e. The lowest BCUT2D eigenvalue weighted by atomic mass is 9.97. The van der Waals surface area contributed by atoms with Crippen molar-refractivity contribution in [2.45, 2.75) is 19.3 Å². The first-order chi connectivity index (χ1) is 10.6. The van der Waals surface area contributed by atoms with Crippen LogP contribution in [0.1, 0.15) is 24.8 Å². The number of amides is 1. The summed E-state index contributed by atoms with van der Waals surface area (Å²) in [7, 11) is 3.16. The van der Waals surface area contributed by atoms with Gasteiger partial charge in [0.2, 0.25) is 5.91 Å². The lowest BCUT2D eigenvalue weighted by Crippen LogP contribution is -2.14. The molecular formula is C18H21NO3. The quantitative estimate of drug-likeness (QED) is 0.881. The monoisotopic (exact) mass is 299 g/mol. The number of hydrogen-bond acceptors (Lipinski definition) is 3. The van der Waals surface area contributed by atoms with E-state index in [0.29, 0.717) is 23.6 Å². The van der Waals surface area contributed by atoms with Gasteiger partial charge in [0.25, 0.3) is 0 Å². The summed E-state index contributed by atoms with van der Waals surface area (Å²) >= 11 is 0. The van der Waals surface area contributed by atoms with Crippen LogP contribution in [0.15, 0.2) is 48.5 Å². The first-order valence-electron chi connectivity index (χ1n) is 7.20. The Balaban J connectivity index is 2.03. The van der Waals surface area contributed by atoms with Crippen LogP contribution in [-0.4, -0.2) is 20.1 Å². The Morgan fingerprint density at radius 2 is 1.64 bits per heavy atom. The van der Waals surface area contributed by atoms with Crippen molar-refractivity contribution in [3.8, 4) is 11.5 Å². The Bertz CT molecular complexity index is 603. The molecule has 0 heterocycles. The average Bonchev–Trinajstić information content (AvgIpc) is 2.55. The van der Waals surface area contributed by atoms with Crippen LogP contribution in [0.2, 0.25) is 0 Å². The largest absolute Gasteiger partial charge is 0.497 e. The van der Waals surface area contributed by atoms with E-state index in [4.69, 9.17) is 9.47 Å². The van der Waals surface area contributed by atoms with Gasteiger partial charge in [-0.05, 0) is 11.5 Å². The zero-order chi connectivity index (χ0) is 15.9. The third-order valence-electron chi connectivity index (χ3n) is 3.50. The van der Waals surface area contributed by atoms with Crippen LogP contribution in [0.4, 0.5) is 5.69 Å². The van der Waals surface area contributed by atoms with Gasteiger partial charge in [-0.2, -0.15) is 0 Å². The van der Waals surface area contributed by atoms with Crippen LogP contribution in [0, 0.1) is 0 Å². The molecule has 2 aromatic rings. The van der Waals surface area contributed by atoms with Crippen molar-refractivity contribution < 1.29 is 14.3 Å². The summed E-state index contributed by atoms with van der Waals surface area (Å²) in [4.78, 5) is 12.2. The standard InChI is InChI=1S/C18H21NO3/c1-13(14-7-5-4-6-8-14)9-18(20)19-15-10-16(21-2)12-17(11-15)22-3/h4-8,10-13H,9H2,1-3H3,(H,19,20)/t13-/m0/s1. The molecule has 0 aliphatic rings. The predicted octanol–water partition coefficient (Wildman–Crippen LogP) is 3.84. The number of anilines is 1. The molecule has 2 rings (SSSR count). The van der Waals surface area contributed by atoms with E-state index in [1.165, 1.54) is 0 Å². The van der Waals surface area contributed by atoms with Gasteiger partial charge in [-0.1, -0.05) is 37.3 Å². The van der Waals surface area contributed by atoms with Crippen LogP contribution in [-0.2, 0) is 4.79 Å². The normalized spacial score (nSPS) is 11.6. The van der Waals surface area contributed by atoms with Crippen molar-refractivity contribution in [3.63, 3.8) is 0 Å². The molecule has 116 valence electrons. The summed E-state index contributed by atoms with van der Waals surface area (Å²) in [5.74, 6) is 1.41. The highest BCUT2D eigenvalue weighted by Gasteiger charge is 2.12. The van der Waals surface area contributed by atoms with Crippen molar-refractivity contribution in [2.24, 2.45) is 0 Å². The Hall–Kier alpha value is -2.49. The topological polar surface area (TPSA) is 47.6 Å². The van der Waals surface area contributed by atoms with Crippen LogP contribution in [0.5, 0.6) is 11.5 Å². The number of benzene rings is 2. The summed E-state index contributed by atoms with van der Waals surface area (Å²) in [6.07, 6.45) is 0.420. The second-order valence-electron chi connectivity index (χ2n) is 5.17. The molecule has 2 aromatic carbocycles. The molecule has 0 radical (unpaired) electrons. The fourth-order valence-corrected chi connectivity index (χ4v) is 2.27. The Labute approximate surface area is 131 Å². The minimum atomic E-state index is -0.0355. The molecule has 1 amide bonds. The highest BCUT2D eigenvalue weighted by Crippen LogP contribution is 2.26. The van der Waals surface area contributed by atoms with E-state index >= 15 is 0 Å². The van der Waals surface area contributed by atoms with Gasteiger partial charge in [-0.3, -0.25) is 4.79 Å². The second kappa shape index (κ2) is 7.50. The molecule has 0 bridgehead atoms. The SMILES string of the molecule is COc1cc(NC(=O)C[C@H](C)c2ccccc2)cc(OC)c1. The van der Waals surface area contributed by atoms with Gasteiger partial charge in [0.05, 0.1) is 14.2 Å². The van der Waals surface area contributed by atoms with E-state index in [2.05, 4.69) is 5.32 Å². The van der Waals surface area contributed by atoms with Crippen molar-refractivity contribution in [1.29, 1.82) is 0 Å². The summed E-state index contributed by atoms with van der Waals surface area (Å²) in [5.41, 5.74) is 1.82. The third-order valence-corrected chi connectivity index (χ3v) is 3.50. The minimum absolute atomic E-state index is 0.0355. The van der Waals surface area contributed by atoms with Gasteiger partial charge in [0.15, 0.2) is 0 Å². The molecule has 1 atom stereocenters. The fraction of sp³-hybridized carbons (Fsp3) is 0.278. The van der Waals surface area contributed by atoms with E-state index in [-0.39, 0.29) is 11.8 Å². The molecule has 0 aliphatic carbocycles. The van der Waals surface area contributed by atoms with Crippen LogP contribution < -0.4 is 14.8 Å². The molecule has 0 saturated heterocycles. The molecule has 0 spiro atoms. The van der Waals surface area contributed by atoms with E-state index in [1.807, 2.05) is 37.3 Å². The molecule has 0 unspecified atom stereocenters. The van der Waals surface area contributed by atoms with E-state index in [1.54, 1.807) is 32.4 Å². The second-order valence-corrected chi connectivity index (χ2v) is 5.17. The lowest BCUT2D eigenvalue weighted by Gasteiger charge is -2.13. The summed E-state index contributed by atoms with van der Waals surface area (Å²) < 4.78 is 10.4. The van der Waals surface area contributed by atoms with Gasteiger partial charge in [0.1, 0.15) is 11.5 Å². The number of methoxy groups -OCH3 is 2. The highest BCUT2D eigenvalue weighted by atomic mass is 16.5. The zero-order valence-corrected chi connectivity index (χ0v) is 13.1. The van der Waals surface area contributed by atoms with Crippen molar-refractivity contribution in [3.05, 3.63) is 54.1 Å². The third kappa shape index (κ3) is 4.25. The van der Waals surface area contributed by atoms with Gasteiger partial charge in [0, 0.05) is 30.3 Å². The van der Waals surface area contributed by atoms with Crippen LogP contribution in [0.25, 0.3) is 0 Å². The maximum Gasteiger partial charge on any atom is 0.224 e. The number of hydrogen-bond donors (Lipinski definition) is 1. The predicted molar refractivity (Wildman–Crippen MR) is 87.6 cm³/mol. The number of rotatable bonds is 6. The van der Waals surface area contributed by atoms with Gasteiger partial charge < -0.3 is 14.8 Å². The number of carbonyl (C=O) groups excluding carboxylic acids is 1. The van der Waals surface area contributed by atoms with Gasteiger partial charge >= 0.3 is 0 Å². The fourth-order valence-electron chi connectivity index (χ4n) is 2.27. The first kappa shape index (κ1) is 15.9. The van der Waals surface area contributed by atoms with Crippen LogP contribution >= 0.6 is 0 Å². The first-order valence-corrected chi connectivity index (χ1v) is 7.20. The average molecular weight is 299 g/mol. The van der Waals surface area contributed by atoms with E-state index in [9.17, 15) is 4.79 Å². The summed E-state index contributed by atoms with van der Waals surface area (Å²) in [5, 5.41) is 2.89. The van der Waals surface area contributed by atoms with E-state index in [0.717, 1.165) is 5.56 Å². The van der Waals surface area contributed by atoms with Crippen molar-refractivity contribution in [1.82, 2.24) is 0 Å². The van der Waals surface area contributed by atoms with Gasteiger partial charge in [-0.15, -0.1) is 0 Å². The lowest BCUT2D eigenvalue weighted by molar-refractivity contribution is -0.116. The highest BCUT2D eigenvalue weighted by molar-refractivity contribution is 5.91. The maximum absolute atomic E-state index is 12.2. The summed E-state index contributed by atoms with van der Waals surface area (Å²) in [6.45, 7) is 2.04. The molecule has 1 N–H and O–H groups in total. The zero-order valence-electron chi connectivity index (χ0n) is 13.1. The van der Waals surface area contributed by atoms with Gasteiger partial charge in [-0.25, -0.2) is 0 Å². The Morgan fingerprint density at radius 3 is 2.18 bits per heavy atom. The smallest absolute Gasteiger partial charge is 0.224 e. The Kier molecular flexibility index (Phi) is 5.42. The molecule has 0 aliphatic heterocycles. The molecular weight excluding hydrogens is 278 g/mol. The maximum atomic E-state index is 12.2. The number of carbonyl (C=O) groups is 1. The molecule has 22 heavy (non-hydrogen) atoms. The van der Waals surface area contributed by atoms with Crippen LogP contribution in [0.3, 0.4) is 0 Å². The molecule has 0 fully saturated rings. The van der Waals surface area contributed by atoms with Crippen molar-refractivity contribution >= 4 is 11.6 Å². The number of ether oxygens (including phenoxy) is 2. The molecule has 0 aromatic heterocycles. The Morgan fingerprint density at radius 1 is 1.05 bits per heavy atom. The molecule has 4 heteroatoms. The number of nitrogens with one attached hydrogen (secondary N) is 1. The molecule has 4 nitrogen and oxygen atoms in total. The summed E-state index contributed by atoms with van der Waals surface area (Å²) in [6, 6.07) is 15.3. The van der Waals surface area contributed by atoms with Crippen molar-refractivity contribution in [2.75, 3.05) is 19.5 Å². The molecule has 0 saturated carbocycles. The van der Waals surface area contributed by atoms with E-state index < -0.39 is 0 Å².